The zero-order valence-electron chi connectivity index (χ0n) is 17.0. The smallest absolute Gasteiger partial charge is 0.335 e. The number of esters is 1. The Morgan fingerprint density at radius 2 is 1.23 bits per heavy atom. The van der Waals surface area contributed by atoms with Gasteiger partial charge >= 0.3 is 5.97 Å². The summed E-state index contributed by atoms with van der Waals surface area (Å²) in [5, 5.41) is 0. The first kappa shape index (κ1) is 28.9. The van der Waals surface area contributed by atoms with Gasteiger partial charge in [-0.3, -0.25) is 0 Å². The van der Waals surface area contributed by atoms with E-state index < -0.39 is 0 Å². The van der Waals surface area contributed by atoms with E-state index in [0.717, 1.165) is 5.56 Å². The summed E-state index contributed by atoms with van der Waals surface area (Å²) < 4.78 is 5.01. The van der Waals surface area contributed by atoms with E-state index in [1.807, 2.05) is 31.2 Å². The molecule has 149 valence electrons. The maximum atomic E-state index is 11.7. The van der Waals surface area contributed by atoms with E-state index in [1.165, 1.54) is 23.0 Å². The summed E-state index contributed by atoms with van der Waals surface area (Å²) in [7, 11) is 0. The van der Waals surface area contributed by atoms with Gasteiger partial charge in [-0.1, -0.05) is 19.4 Å². The normalized spacial score (nSPS) is 8.62. The standard InChI is InChI=1S/C20H22O2.3CH3.Co/c1-5-22-20(21)19-12-10-18(11-13-19)16(4)15(3)17-8-6-14(2)7-9-17;;;;/h6-13H,5H2,1-4H3;3*1H3;/q-2;3*-1;. The largest absolute Gasteiger partial charge is 0.462 e. The van der Waals surface area contributed by atoms with Crippen molar-refractivity contribution in [2.24, 2.45) is 0 Å². The average Bonchev–Trinajstić information content (AvgIpc) is 2.54. The van der Waals surface area contributed by atoms with Crippen LogP contribution in [0.25, 0.3) is 0 Å². The predicted octanol–water partition coefficient (Wildman–Crippen LogP) is 6.11. The van der Waals surface area contributed by atoms with Crippen LogP contribution >= 0.6 is 0 Å². The van der Waals surface area contributed by atoms with Gasteiger partial charge < -0.3 is 27.0 Å². The zero-order valence-corrected chi connectivity index (χ0v) is 18.0. The summed E-state index contributed by atoms with van der Waals surface area (Å²) in [6.45, 7) is 8.52. The third kappa shape index (κ3) is 7.18. The Bertz CT molecular complexity index is 618. The molecule has 0 spiro atoms. The Kier molecular flexibility index (Phi) is 14.9. The number of ether oxygens (including phenoxy) is 1. The Labute approximate surface area is 171 Å². The van der Waals surface area contributed by atoms with E-state index in [4.69, 9.17) is 4.74 Å². The van der Waals surface area contributed by atoms with Crippen molar-refractivity contribution in [3.63, 3.8) is 0 Å². The Morgan fingerprint density at radius 3 is 1.62 bits per heavy atom. The molecule has 0 aliphatic carbocycles. The molecule has 2 aromatic carbocycles. The van der Waals surface area contributed by atoms with Crippen LogP contribution in [0.4, 0.5) is 0 Å². The summed E-state index contributed by atoms with van der Waals surface area (Å²) in [6, 6.07) is 16.1. The molecule has 0 aromatic heterocycles. The number of rotatable bonds is 5. The first-order chi connectivity index (χ1) is 10.5. The molecule has 0 bridgehead atoms. The van der Waals surface area contributed by atoms with E-state index in [2.05, 4.69) is 45.0 Å². The third-order valence-electron chi connectivity index (χ3n) is 3.88. The molecule has 3 heteroatoms. The summed E-state index contributed by atoms with van der Waals surface area (Å²) in [4.78, 5) is 11.7. The van der Waals surface area contributed by atoms with Crippen LogP contribution in [0.5, 0.6) is 0 Å². The van der Waals surface area contributed by atoms with E-state index in [9.17, 15) is 4.79 Å². The SMILES string of the molecule is CCOC(=O)c1ccc([C-](C)[C-](C)c2ccc(C)cc2)cc1.[CH3-].[CH3-].[CH3-].[Co]. The molecule has 0 aliphatic heterocycles. The van der Waals surface area contributed by atoms with E-state index in [1.54, 1.807) is 0 Å². The molecule has 2 aromatic rings. The van der Waals surface area contributed by atoms with E-state index in [0.29, 0.717) is 12.2 Å². The predicted molar refractivity (Wildman–Crippen MR) is 109 cm³/mol. The molecule has 0 heterocycles. The second-order valence-electron chi connectivity index (χ2n) is 5.41. The number of carbonyl (C=O) groups excluding carboxylic acids is 1. The van der Waals surface area contributed by atoms with Crippen LogP contribution in [0.15, 0.2) is 48.5 Å². The summed E-state index contributed by atoms with van der Waals surface area (Å²) >= 11 is 0. The second kappa shape index (κ2) is 13.4. The van der Waals surface area contributed by atoms with E-state index >= 15 is 0 Å². The van der Waals surface area contributed by atoms with Crippen LogP contribution in [0.2, 0.25) is 0 Å². The molecule has 26 heavy (non-hydrogen) atoms. The van der Waals surface area contributed by atoms with Crippen molar-refractivity contribution in [2.45, 2.75) is 27.7 Å². The molecule has 0 saturated heterocycles. The van der Waals surface area contributed by atoms with Crippen LogP contribution in [-0.2, 0) is 21.5 Å². The molecule has 0 fully saturated rings. The fraction of sp³-hybridized carbons (Fsp3) is 0.217. The van der Waals surface area contributed by atoms with Crippen molar-refractivity contribution >= 4 is 5.97 Å². The zero-order chi connectivity index (χ0) is 16.1. The van der Waals surface area contributed by atoms with Gasteiger partial charge in [-0.05, 0) is 13.8 Å². The minimum absolute atomic E-state index is 0. The van der Waals surface area contributed by atoms with Crippen LogP contribution in [-0.4, -0.2) is 12.6 Å². The Morgan fingerprint density at radius 1 is 0.846 bits per heavy atom. The second-order valence-corrected chi connectivity index (χ2v) is 5.41. The van der Waals surface area contributed by atoms with Gasteiger partial charge in [0, 0.05) is 22.3 Å². The van der Waals surface area contributed by atoms with Gasteiger partial charge in [0.15, 0.2) is 0 Å². The van der Waals surface area contributed by atoms with Crippen molar-refractivity contribution in [1.29, 1.82) is 0 Å². The molecular formula is C23H31CoO2-5. The van der Waals surface area contributed by atoms with Crippen LogP contribution in [0.3, 0.4) is 0 Å². The fourth-order valence-corrected chi connectivity index (χ4v) is 2.31. The molecule has 0 unspecified atom stereocenters. The Balaban J connectivity index is -0.00000132. The summed E-state index contributed by atoms with van der Waals surface area (Å²) in [6.07, 6.45) is 0. The number of benzene rings is 2. The van der Waals surface area contributed by atoms with Gasteiger partial charge in [0.05, 0.1) is 6.61 Å². The maximum absolute atomic E-state index is 11.7. The number of hydrogen-bond donors (Lipinski definition) is 0. The van der Waals surface area contributed by atoms with Crippen LogP contribution in [0, 0.1) is 41.0 Å². The van der Waals surface area contributed by atoms with Gasteiger partial charge in [0.2, 0.25) is 0 Å². The molecular weight excluding hydrogens is 367 g/mol. The van der Waals surface area contributed by atoms with E-state index in [-0.39, 0.29) is 45.0 Å². The van der Waals surface area contributed by atoms with Crippen molar-refractivity contribution in [3.8, 4) is 0 Å². The van der Waals surface area contributed by atoms with Crippen molar-refractivity contribution in [1.82, 2.24) is 0 Å². The minimum Gasteiger partial charge on any atom is -0.462 e. The fourth-order valence-electron chi connectivity index (χ4n) is 2.31. The van der Waals surface area contributed by atoms with Gasteiger partial charge in [-0.2, -0.15) is 35.4 Å². The molecule has 2 rings (SSSR count). The minimum atomic E-state index is -0.272. The number of hydrogen-bond acceptors (Lipinski definition) is 2. The van der Waals surface area contributed by atoms with Crippen LogP contribution in [0.1, 0.15) is 47.8 Å². The number of aryl methyl sites for hydroxylation is 1. The van der Waals surface area contributed by atoms with Crippen LogP contribution < -0.4 is 0 Å². The van der Waals surface area contributed by atoms with Crippen molar-refractivity contribution in [2.75, 3.05) is 6.61 Å². The maximum Gasteiger partial charge on any atom is 0.335 e. The number of carbonyl (C=O) groups is 1. The van der Waals surface area contributed by atoms with Gasteiger partial charge in [-0.15, -0.1) is 24.3 Å². The Hall–Kier alpha value is -1.84. The van der Waals surface area contributed by atoms with Crippen molar-refractivity contribution in [3.05, 3.63) is 105 Å². The monoisotopic (exact) mass is 398 g/mol. The quantitative estimate of drug-likeness (QED) is 0.449. The molecule has 0 atom stereocenters. The molecule has 1 radical (unpaired) electrons. The first-order valence-corrected chi connectivity index (χ1v) is 7.55. The molecule has 0 aliphatic rings. The topological polar surface area (TPSA) is 26.3 Å². The summed E-state index contributed by atoms with van der Waals surface area (Å²) in [5.41, 5.74) is 4.18. The van der Waals surface area contributed by atoms with Gasteiger partial charge in [0.25, 0.3) is 0 Å². The summed E-state index contributed by atoms with van der Waals surface area (Å²) in [5.74, 6) is 2.18. The molecule has 0 saturated carbocycles. The molecule has 2 nitrogen and oxygen atoms in total. The van der Waals surface area contributed by atoms with Gasteiger partial charge in [0.1, 0.15) is 0 Å². The third-order valence-corrected chi connectivity index (χ3v) is 3.88. The van der Waals surface area contributed by atoms with Crippen molar-refractivity contribution < 1.29 is 26.3 Å². The first-order valence-electron chi connectivity index (χ1n) is 7.55. The molecule has 0 N–H and O–H groups in total. The molecule has 0 amide bonds. The average molecular weight is 398 g/mol. The van der Waals surface area contributed by atoms with Gasteiger partial charge in [-0.25, -0.2) is 16.6 Å².